The highest BCUT2D eigenvalue weighted by molar-refractivity contribution is 5.93. The quantitative estimate of drug-likeness (QED) is 0.927. The van der Waals surface area contributed by atoms with Crippen molar-refractivity contribution in [3.63, 3.8) is 0 Å². The Labute approximate surface area is 126 Å². The van der Waals surface area contributed by atoms with Gasteiger partial charge in [0, 0.05) is 18.2 Å². The Kier molecular flexibility index (Phi) is 3.07. The largest absolute Gasteiger partial charge is 0.366 e. The first kappa shape index (κ1) is 13.3. The highest BCUT2D eigenvalue weighted by Gasteiger charge is 2.42. The number of benzene rings is 1. The fourth-order valence-electron chi connectivity index (χ4n) is 4.45. The summed E-state index contributed by atoms with van der Waals surface area (Å²) in [6.07, 6.45) is 5.22. The van der Waals surface area contributed by atoms with Crippen molar-refractivity contribution in [2.45, 2.75) is 44.6 Å². The van der Waals surface area contributed by atoms with E-state index in [-0.39, 0.29) is 5.91 Å². The van der Waals surface area contributed by atoms with Crippen LogP contribution in [0.5, 0.6) is 0 Å². The molecule has 1 aliphatic heterocycles. The second kappa shape index (κ2) is 4.84. The third-order valence-electron chi connectivity index (χ3n) is 5.89. The average molecular weight is 284 g/mol. The van der Waals surface area contributed by atoms with Crippen LogP contribution in [-0.2, 0) is 6.42 Å². The Morgan fingerprint density at radius 2 is 2.14 bits per heavy atom. The highest BCUT2D eigenvalue weighted by Crippen LogP contribution is 2.45. The molecule has 0 aromatic heterocycles. The van der Waals surface area contributed by atoms with E-state index >= 15 is 0 Å². The first-order valence-electron chi connectivity index (χ1n) is 8.30. The monoisotopic (exact) mass is 284 g/mol. The van der Waals surface area contributed by atoms with Gasteiger partial charge in [0.15, 0.2) is 0 Å². The van der Waals surface area contributed by atoms with Gasteiger partial charge in [0.2, 0.25) is 5.91 Å². The molecule has 112 valence electrons. The van der Waals surface area contributed by atoms with E-state index in [2.05, 4.69) is 24.0 Å². The maximum Gasteiger partial charge on any atom is 0.248 e. The average Bonchev–Trinajstić information content (AvgIpc) is 3.26. The number of rotatable bonds is 3. The summed E-state index contributed by atoms with van der Waals surface area (Å²) < 4.78 is 0. The lowest BCUT2D eigenvalue weighted by Crippen LogP contribution is -2.51. The van der Waals surface area contributed by atoms with Crippen LogP contribution in [0.15, 0.2) is 18.2 Å². The van der Waals surface area contributed by atoms with Gasteiger partial charge < -0.3 is 5.73 Å². The number of nitrogens with two attached hydrogens (primary N) is 1. The Morgan fingerprint density at radius 3 is 2.86 bits per heavy atom. The Balaban J connectivity index is 1.65. The number of amides is 1. The second-order valence-corrected chi connectivity index (χ2v) is 7.24. The first-order chi connectivity index (χ1) is 10.1. The minimum Gasteiger partial charge on any atom is -0.366 e. The van der Waals surface area contributed by atoms with Gasteiger partial charge in [-0.15, -0.1) is 0 Å². The molecule has 3 nitrogen and oxygen atoms in total. The third kappa shape index (κ3) is 2.28. The number of piperidine rings is 1. The number of carbonyl (C=O) groups is 1. The van der Waals surface area contributed by atoms with Crippen LogP contribution >= 0.6 is 0 Å². The molecule has 2 fully saturated rings. The number of hydrogen-bond acceptors (Lipinski definition) is 2. The molecule has 0 spiro atoms. The van der Waals surface area contributed by atoms with Crippen molar-refractivity contribution in [2.75, 3.05) is 13.1 Å². The van der Waals surface area contributed by atoms with Crippen LogP contribution < -0.4 is 5.73 Å². The molecule has 3 heteroatoms. The van der Waals surface area contributed by atoms with Gasteiger partial charge in [-0.05, 0) is 73.2 Å². The van der Waals surface area contributed by atoms with Gasteiger partial charge in [-0.25, -0.2) is 0 Å². The number of hydrogen-bond donors (Lipinski definition) is 1. The van der Waals surface area contributed by atoms with Crippen molar-refractivity contribution in [3.05, 3.63) is 34.9 Å². The molecular weight excluding hydrogens is 260 g/mol. The van der Waals surface area contributed by atoms with E-state index in [1.807, 2.05) is 6.07 Å². The zero-order chi connectivity index (χ0) is 14.6. The molecular formula is C18H24N2O. The molecule has 1 saturated carbocycles. The van der Waals surface area contributed by atoms with E-state index in [0.717, 1.165) is 12.3 Å². The molecule has 3 atom stereocenters. The minimum atomic E-state index is -0.307. The van der Waals surface area contributed by atoms with Gasteiger partial charge in [0.1, 0.15) is 0 Å². The normalized spacial score (nSPS) is 31.8. The summed E-state index contributed by atoms with van der Waals surface area (Å²) >= 11 is 0. The lowest BCUT2D eigenvalue weighted by Gasteiger charge is -2.49. The smallest absolute Gasteiger partial charge is 0.248 e. The third-order valence-corrected chi connectivity index (χ3v) is 5.89. The van der Waals surface area contributed by atoms with E-state index in [1.54, 1.807) is 0 Å². The summed E-state index contributed by atoms with van der Waals surface area (Å²) in [5.41, 5.74) is 8.94. The van der Waals surface area contributed by atoms with Gasteiger partial charge in [-0.2, -0.15) is 0 Å². The topological polar surface area (TPSA) is 46.3 Å². The Morgan fingerprint density at radius 1 is 1.33 bits per heavy atom. The van der Waals surface area contributed by atoms with Crippen molar-refractivity contribution < 1.29 is 4.79 Å². The molecule has 1 aromatic carbocycles. The van der Waals surface area contributed by atoms with Gasteiger partial charge in [-0.3, -0.25) is 9.69 Å². The summed E-state index contributed by atoms with van der Waals surface area (Å²) in [5, 5.41) is 0. The molecule has 3 aliphatic rings. The fraction of sp³-hybridized carbons (Fsp3) is 0.611. The first-order valence-corrected chi connectivity index (χ1v) is 8.30. The van der Waals surface area contributed by atoms with Crippen LogP contribution in [0, 0.1) is 11.8 Å². The van der Waals surface area contributed by atoms with Crippen LogP contribution in [-0.4, -0.2) is 29.9 Å². The maximum atomic E-state index is 11.4. The lowest BCUT2D eigenvalue weighted by molar-refractivity contribution is 0.0698. The van der Waals surface area contributed by atoms with Gasteiger partial charge in [-0.1, -0.05) is 13.0 Å². The summed E-state index contributed by atoms with van der Waals surface area (Å²) in [5.74, 6) is 1.95. The van der Waals surface area contributed by atoms with Gasteiger partial charge >= 0.3 is 0 Å². The summed E-state index contributed by atoms with van der Waals surface area (Å²) in [6.45, 7) is 4.92. The molecule has 2 aliphatic carbocycles. The van der Waals surface area contributed by atoms with Crippen molar-refractivity contribution in [1.82, 2.24) is 4.90 Å². The SMILES string of the molecule is C[C@@H]1C2CCN(CC3CC3)C1Cc1ccc(C(N)=O)cc12. The van der Waals surface area contributed by atoms with Gasteiger partial charge in [0.25, 0.3) is 0 Å². The van der Waals surface area contributed by atoms with Crippen LogP contribution in [0.1, 0.15) is 53.6 Å². The number of primary amides is 1. The number of carbonyl (C=O) groups excluding carboxylic acids is 1. The molecule has 0 radical (unpaired) electrons. The predicted octanol–water partition coefficient (Wildman–Crippen LogP) is 2.55. The summed E-state index contributed by atoms with van der Waals surface area (Å²) in [6, 6.07) is 6.79. The molecule has 1 aromatic rings. The molecule has 1 saturated heterocycles. The van der Waals surface area contributed by atoms with Crippen molar-refractivity contribution in [2.24, 2.45) is 17.6 Å². The van der Waals surface area contributed by atoms with E-state index in [0.29, 0.717) is 23.4 Å². The zero-order valence-corrected chi connectivity index (χ0v) is 12.7. The van der Waals surface area contributed by atoms with Crippen LogP contribution in [0.2, 0.25) is 0 Å². The number of nitrogens with zero attached hydrogens (tertiary/aromatic N) is 1. The fourth-order valence-corrected chi connectivity index (χ4v) is 4.45. The molecule has 21 heavy (non-hydrogen) atoms. The van der Waals surface area contributed by atoms with E-state index in [9.17, 15) is 4.79 Å². The van der Waals surface area contributed by atoms with Crippen molar-refractivity contribution in [1.29, 1.82) is 0 Å². The number of fused-ring (bicyclic) bond motifs is 4. The van der Waals surface area contributed by atoms with Crippen molar-refractivity contribution >= 4 is 5.91 Å². The van der Waals surface area contributed by atoms with E-state index in [1.165, 1.54) is 43.5 Å². The zero-order valence-electron chi connectivity index (χ0n) is 12.7. The van der Waals surface area contributed by atoms with Crippen LogP contribution in [0.4, 0.5) is 0 Å². The molecule has 2 bridgehead atoms. The summed E-state index contributed by atoms with van der Waals surface area (Å²) in [7, 11) is 0. The maximum absolute atomic E-state index is 11.4. The predicted molar refractivity (Wildman–Crippen MR) is 83.3 cm³/mol. The molecule has 1 amide bonds. The Bertz CT molecular complexity index is 579. The van der Waals surface area contributed by atoms with Gasteiger partial charge in [0.05, 0.1) is 0 Å². The van der Waals surface area contributed by atoms with E-state index < -0.39 is 0 Å². The van der Waals surface area contributed by atoms with E-state index in [4.69, 9.17) is 5.73 Å². The van der Waals surface area contributed by atoms with Crippen LogP contribution in [0.25, 0.3) is 0 Å². The van der Waals surface area contributed by atoms with Crippen LogP contribution in [0.3, 0.4) is 0 Å². The van der Waals surface area contributed by atoms with Crippen molar-refractivity contribution in [3.8, 4) is 0 Å². The molecule has 2 N–H and O–H groups in total. The molecule has 2 unspecified atom stereocenters. The minimum absolute atomic E-state index is 0.307. The number of likely N-dealkylation sites (tertiary alicyclic amines) is 1. The highest BCUT2D eigenvalue weighted by atomic mass is 16.1. The standard InChI is InChI=1S/C18H24N2O/c1-11-15-6-7-20(10-12-2-3-12)17(11)9-13-4-5-14(18(19)21)8-16(13)15/h4-5,8,11-12,15,17H,2-3,6-7,9-10H2,1H3,(H2,19,21)/t11-,15?,17?/m1/s1. The molecule has 4 rings (SSSR count). The lowest BCUT2D eigenvalue weighted by atomic mass is 9.68. The Hall–Kier alpha value is -1.35. The summed E-state index contributed by atoms with van der Waals surface area (Å²) in [4.78, 5) is 14.2. The molecule has 1 heterocycles. The second-order valence-electron chi connectivity index (χ2n) is 7.24.